The molecular formula is C29H34N2O2. The van der Waals surface area contributed by atoms with Crippen LogP contribution >= 0.6 is 0 Å². The molecule has 1 unspecified atom stereocenters. The fraction of sp³-hybridized carbons (Fsp3) is 0.345. The molecule has 33 heavy (non-hydrogen) atoms. The van der Waals surface area contributed by atoms with Crippen molar-refractivity contribution >= 4 is 5.91 Å². The molecule has 0 aliphatic carbocycles. The number of likely N-dealkylation sites (tertiary alicyclic amines) is 1. The van der Waals surface area contributed by atoms with Gasteiger partial charge in [-0.2, -0.15) is 0 Å². The third-order valence-corrected chi connectivity index (χ3v) is 7.06. The van der Waals surface area contributed by atoms with Gasteiger partial charge in [0.1, 0.15) is 11.2 Å². The van der Waals surface area contributed by atoms with E-state index in [4.69, 9.17) is 10.5 Å². The second-order valence-electron chi connectivity index (χ2n) is 9.00. The Balaban J connectivity index is 1.53. The van der Waals surface area contributed by atoms with E-state index in [1.165, 1.54) is 5.56 Å². The van der Waals surface area contributed by atoms with Gasteiger partial charge in [-0.1, -0.05) is 72.8 Å². The number of benzene rings is 3. The SMILES string of the molecule is COc1ccc(CCCN2CCCC(C(C(N)=O)(c3ccccc3)c3ccccc3)C2)cc1. The lowest BCUT2D eigenvalue weighted by molar-refractivity contribution is -0.124. The Hall–Kier alpha value is -3.11. The summed E-state index contributed by atoms with van der Waals surface area (Å²) in [6, 6.07) is 28.6. The Morgan fingerprint density at radius 3 is 2.12 bits per heavy atom. The molecule has 0 aromatic heterocycles. The van der Waals surface area contributed by atoms with Gasteiger partial charge in [0.15, 0.2) is 0 Å². The summed E-state index contributed by atoms with van der Waals surface area (Å²) in [5.74, 6) is 0.766. The quantitative estimate of drug-likeness (QED) is 0.517. The Morgan fingerprint density at radius 1 is 0.970 bits per heavy atom. The number of nitrogens with two attached hydrogens (primary N) is 1. The van der Waals surface area contributed by atoms with Gasteiger partial charge in [0.2, 0.25) is 5.91 Å². The number of primary amides is 1. The highest BCUT2D eigenvalue weighted by atomic mass is 16.5. The summed E-state index contributed by atoms with van der Waals surface area (Å²) in [5, 5.41) is 0. The number of amides is 1. The van der Waals surface area contributed by atoms with Gasteiger partial charge in [0.25, 0.3) is 0 Å². The molecule has 4 rings (SSSR count). The minimum absolute atomic E-state index is 0.134. The number of hydrogen-bond donors (Lipinski definition) is 1. The molecular weight excluding hydrogens is 408 g/mol. The first-order chi connectivity index (χ1) is 16.1. The van der Waals surface area contributed by atoms with E-state index in [2.05, 4.69) is 41.3 Å². The highest BCUT2D eigenvalue weighted by Gasteiger charge is 2.48. The van der Waals surface area contributed by atoms with E-state index >= 15 is 0 Å². The first-order valence-electron chi connectivity index (χ1n) is 11.9. The molecule has 1 fully saturated rings. The molecule has 0 radical (unpaired) electrons. The maximum absolute atomic E-state index is 13.3. The number of nitrogens with zero attached hydrogens (tertiary/aromatic N) is 1. The summed E-state index contributed by atoms with van der Waals surface area (Å²) in [7, 11) is 1.69. The molecule has 3 aromatic carbocycles. The summed E-state index contributed by atoms with van der Waals surface area (Å²) in [5.41, 5.74) is 8.73. The van der Waals surface area contributed by atoms with Gasteiger partial charge in [-0.05, 0) is 73.5 Å². The average molecular weight is 443 g/mol. The minimum Gasteiger partial charge on any atom is -0.497 e. The molecule has 4 nitrogen and oxygen atoms in total. The Bertz CT molecular complexity index is 979. The van der Waals surface area contributed by atoms with E-state index in [0.717, 1.165) is 62.2 Å². The second kappa shape index (κ2) is 10.7. The van der Waals surface area contributed by atoms with Gasteiger partial charge in [0.05, 0.1) is 7.11 Å². The van der Waals surface area contributed by atoms with E-state index in [-0.39, 0.29) is 11.8 Å². The molecule has 1 aliphatic heterocycles. The van der Waals surface area contributed by atoms with Crippen molar-refractivity contribution in [1.29, 1.82) is 0 Å². The fourth-order valence-electron chi connectivity index (χ4n) is 5.44. The smallest absolute Gasteiger partial charge is 0.232 e. The average Bonchev–Trinajstić information content (AvgIpc) is 2.86. The lowest BCUT2D eigenvalue weighted by Crippen LogP contribution is -2.53. The van der Waals surface area contributed by atoms with Crippen molar-refractivity contribution in [3.05, 3.63) is 102 Å². The molecule has 1 aliphatic rings. The van der Waals surface area contributed by atoms with Crippen LogP contribution in [0.4, 0.5) is 0 Å². The van der Waals surface area contributed by atoms with Crippen LogP contribution < -0.4 is 10.5 Å². The molecule has 1 amide bonds. The predicted molar refractivity (Wildman–Crippen MR) is 133 cm³/mol. The number of hydrogen-bond acceptors (Lipinski definition) is 3. The molecule has 1 atom stereocenters. The summed E-state index contributed by atoms with van der Waals surface area (Å²) < 4.78 is 5.26. The number of methoxy groups -OCH3 is 1. The van der Waals surface area contributed by atoms with Gasteiger partial charge in [0, 0.05) is 6.54 Å². The number of aryl methyl sites for hydroxylation is 1. The summed E-state index contributed by atoms with van der Waals surface area (Å²) in [6.07, 6.45) is 4.17. The fourth-order valence-corrected chi connectivity index (χ4v) is 5.44. The Morgan fingerprint density at radius 2 is 1.58 bits per heavy atom. The highest BCUT2D eigenvalue weighted by molar-refractivity contribution is 5.91. The van der Waals surface area contributed by atoms with Crippen molar-refractivity contribution in [2.45, 2.75) is 31.1 Å². The van der Waals surface area contributed by atoms with E-state index in [0.29, 0.717) is 0 Å². The molecule has 4 heteroatoms. The van der Waals surface area contributed by atoms with Gasteiger partial charge >= 0.3 is 0 Å². The highest BCUT2D eigenvalue weighted by Crippen LogP contribution is 2.43. The lowest BCUT2D eigenvalue weighted by atomic mass is 9.63. The molecule has 172 valence electrons. The molecule has 2 N–H and O–H groups in total. The summed E-state index contributed by atoms with van der Waals surface area (Å²) in [4.78, 5) is 15.8. The van der Waals surface area contributed by atoms with Gasteiger partial charge < -0.3 is 15.4 Å². The molecule has 3 aromatic rings. The zero-order valence-electron chi connectivity index (χ0n) is 19.5. The number of piperidine rings is 1. The first-order valence-corrected chi connectivity index (χ1v) is 11.9. The zero-order chi connectivity index (χ0) is 23.1. The normalized spacial score (nSPS) is 16.9. The van der Waals surface area contributed by atoms with E-state index in [1.807, 2.05) is 48.5 Å². The molecule has 0 bridgehead atoms. The van der Waals surface area contributed by atoms with Crippen LogP contribution in [-0.4, -0.2) is 37.6 Å². The topological polar surface area (TPSA) is 55.6 Å². The maximum atomic E-state index is 13.3. The van der Waals surface area contributed by atoms with Crippen molar-refractivity contribution in [2.75, 3.05) is 26.7 Å². The van der Waals surface area contributed by atoms with Gasteiger partial charge in [-0.25, -0.2) is 0 Å². The second-order valence-corrected chi connectivity index (χ2v) is 9.00. The summed E-state index contributed by atoms with van der Waals surface area (Å²) >= 11 is 0. The first kappa shape index (κ1) is 23.1. The third kappa shape index (κ3) is 4.96. The van der Waals surface area contributed by atoms with Crippen molar-refractivity contribution < 1.29 is 9.53 Å². The zero-order valence-corrected chi connectivity index (χ0v) is 19.5. The van der Waals surface area contributed by atoms with Crippen molar-refractivity contribution in [2.24, 2.45) is 11.7 Å². The monoisotopic (exact) mass is 442 g/mol. The Kier molecular flexibility index (Phi) is 7.46. The van der Waals surface area contributed by atoms with Gasteiger partial charge in [-0.15, -0.1) is 0 Å². The van der Waals surface area contributed by atoms with Crippen LogP contribution in [0.1, 0.15) is 36.0 Å². The van der Waals surface area contributed by atoms with Crippen molar-refractivity contribution in [3.63, 3.8) is 0 Å². The molecule has 0 spiro atoms. The van der Waals surface area contributed by atoms with Crippen LogP contribution in [0.2, 0.25) is 0 Å². The molecule has 0 saturated carbocycles. The number of carbonyl (C=O) groups excluding carboxylic acids is 1. The van der Waals surface area contributed by atoms with Crippen LogP contribution in [0.25, 0.3) is 0 Å². The van der Waals surface area contributed by atoms with Crippen LogP contribution in [-0.2, 0) is 16.6 Å². The Labute approximate surface area is 197 Å². The predicted octanol–water partition coefficient (Wildman–Crippen LogP) is 4.81. The van der Waals surface area contributed by atoms with Crippen LogP contribution in [0.15, 0.2) is 84.9 Å². The lowest BCUT2D eigenvalue weighted by Gasteiger charge is -2.44. The molecule has 1 saturated heterocycles. The maximum Gasteiger partial charge on any atom is 0.232 e. The summed E-state index contributed by atoms with van der Waals surface area (Å²) in [6.45, 7) is 2.95. The van der Waals surface area contributed by atoms with Crippen molar-refractivity contribution in [3.8, 4) is 5.75 Å². The number of rotatable bonds is 9. The standard InChI is InChI=1S/C29H34N2O2/c1-33-27-18-16-23(17-19-27)10-8-20-31-21-9-15-26(22-31)29(28(30)32,24-11-4-2-5-12-24)25-13-6-3-7-14-25/h2-7,11-14,16-19,26H,8-10,15,20-22H2,1H3,(H2,30,32). The van der Waals surface area contributed by atoms with Crippen LogP contribution in [0, 0.1) is 5.92 Å². The van der Waals surface area contributed by atoms with E-state index in [1.54, 1.807) is 7.11 Å². The van der Waals surface area contributed by atoms with E-state index in [9.17, 15) is 4.79 Å². The van der Waals surface area contributed by atoms with Gasteiger partial charge in [-0.3, -0.25) is 4.79 Å². The number of carbonyl (C=O) groups is 1. The van der Waals surface area contributed by atoms with Crippen LogP contribution in [0.3, 0.4) is 0 Å². The number of ether oxygens (including phenoxy) is 1. The van der Waals surface area contributed by atoms with Crippen molar-refractivity contribution in [1.82, 2.24) is 4.90 Å². The minimum atomic E-state index is -0.822. The van der Waals surface area contributed by atoms with E-state index < -0.39 is 5.41 Å². The van der Waals surface area contributed by atoms with Crippen LogP contribution in [0.5, 0.6) is 5.75 Å². The largest absolute Gasteiger partial charge is 0.497 e. The molecule has 1 heterocycles. The third-order valence-electron chi connectivity index (χ3n) is 7.06.